The van der Waals surface area contributed by atoms with Gasteiger partial charge < -0.3 is 19.5 Å². The first-order valence-electron chi connectivity index (χ1n) is 6.47. The average Bonchev–Trinajstić information content (AvgIpc) is 2.33. The number of nitrogens with one attached hydrogen (secondary N) is 1. The van der Waals surface area contributed by atoms with Gasteiger partial charge in [-0.3, -0.25) is 0 Å². The van der Waals surface area contributed by atoms with E-state index < -0.39 is 0 Å². The summed E-state index contributed by atoms with van der Waals surface area (Å²) < 4.78 is 16.3. The van der Waals surface area contributed by atoms with Crippen LogP contribution >= 0.6 is 0 Å². The Balaban J connectivity index is 3.26. The summed E-state index contributed by atoms with van der Waals surface area (Å²) in [7, 11) is 0. The molecule has 0 aromatic heterocycles. The van der Waals surface area contributed by atoms with Gasteiger partial charge in [-0.05, 0) is 20.3 Å². The minimum absolute atomic E-state index is 0.0841. The molecule has 0 aliphatic carbocycles. The molecule has 0 rings (SSSR count). The Hall–Kier alpha value is -0.420. The Bertz CT molecular complexity index is 159. The van der Waals surface area contributed by atoms with E-state index in [1.165, 1.54) is 0 Å². The fraction of sp³-hybridized carbons (Fsp3) is 0.846. The summed E-state index contributed by atoms with van der Waals surface area (Å²) in [5, 5.41) is 3.30. The van der Waals surface area contributed by atoms with Crippen LogP contribution in [-0.2, 0) is 14.2 Å². The highest BCUT2D eigenvalue weighted by molar-refractivity contribution is 4.64. The summed E-state index contributed by atoms with van der Waals surface area (Å²) in [4.78, 5) is 0. The van der Waals surface area contributed by atoms with E-state index >= 15 is 0 Å². The van der Waals surface area contributed by atoms with Crippen molar-refractivity contribution in [1.82, 2.24) is 5.32 Å². The molecule has 17 heavy (non-hydrogen) atoms. The topological polar surface area (TPSA) is 39.7 Å². The SMILES string of the molecule is C=CCCOCCNCCC(OCC)OCC. The molecule has 0 aliphatic rings. The molecule has 0 aliphatic heterocycles. The minimum atomic E-state index is -0.0841. The van der Waals surface area contributed by atoms with Crippen LogP contribution in [0.2, 0.25) is 0 Å². The third-order valence-electron chi connectivity index (χ3n) is 2.15. The van der Waals surface area contributed by atoms with E-state index in [-0.39, 0.29) is 6.29 Å². The summed E-state index contributed by atoms with van der Waals surface area (Å²) in [5.41, 5.74) is 0. The highest BCUT2D eigenvalue weighted by atomic mass is 16.7. The zero-order chi connectivity index (χ0) is 12.8. The second kappa shape index (κ2) is 13.6. The normalized spacial score (nSPS) is 11.0. The number of ether oxygens (including phenoxy) is 3. The van der Waals surface area contributed by atoms with E-state index in [0.717, 1.165) is 39.1 Å². The Morgan fingerprint density at radius 1 is 1.12 bits per heavy atom. The van der Waals surface area contributed by atoms with Crippen LogP contribution in [0.1, 0.15) is 26.7 Å². The molecule has 0 aromatic rings. The zero-order valence-electron chi connectivity index (χ0n) is 11.2. The molecule has 102 valence electrons. The van der Waals surface area contributed by atoms with Crippen molar-refractivity contribution in [3.05, 3.63) is 12.7 Å². The molecule has 0 saturated heterocycles. The molecule has 0 spiro atoms. The van der Waals surface area contributed by atoms with Gasteiger partial charge in [0, 0.05) is 32.7 Å². The van der Waals surface area contributed by atoms with E-state index in [9.17, 15) is 0 Å². The maximum absolute atomic E-state index is 5.44. The van der Waals surface area contributed by atoms with Gasteiger partial charge in [-0.2, -0.15) is 0 Å². The standard InChI is InChI=1S/C13H27NO3/c1-4-7-11-15-12-10-14-9-8-13(16-5-2)17-6-3/h4,13-14H,1,5-12H2,2-3H3. The second-order valence-electron chi connectivity index (χ2n) is 3.57. The quantitative estimate of drug-likeness (QED) is 0.306. The maximum atomic E-state index is 5.44. The van der Waals surface area contributed by atoms with Crippen LogP contribution in [0, 0.1) is 0 Å². The largest absolute Gasteiger partial charge is 0.380 e. The molecule has 0 aromatic carbocycles. The van der Waals surface area contributed by atoms with E-state index in [1.807, 2.05) is 19.9 Å². The first-order chi connectivity index (χ1) is 8.35. The molecule has 0 radical (unpaired) electrons. The van der Waals surface area contributed by atoms with Crippen molar-refractivity contribution < 1.29 is 14.2 Å². The lowest BCUT2D eigenvalue weighted by Crippen LogP contribution is -2.27. The van der Waals surface area contributed by atoms with Crippen LogP contribution in [0.5, 0.6) is 0 Å². The van der Waals surface area contributed by atoms with Gasteiger partial charge in [-0.25, -0.2) is 0 Å². The lowest BCUT2D eigenvalue weighted by atomic mass is 10.4. The van der Waals surface area contributed by atoms with Crippen LogP contribution < -0.4 is 5.32 Å². The van der Waals surface area contributed by atoms with Gasteiger partial charge in [0.15, 0.2) is 6.29 Å². The molecule has 0 fully saturated rings. The maximum Gasteiger partial charge on any atom is 0.158 e. The summed E-state index contributed by atoms with van der Waals surface area (Å²) in [5.74, 6) is 0. The summed E-state index contributed by atoms with van der Waals surface area (Å²) in [6.07, 6.45) is 3.56. The van der Waals surface area contributed by atoms with Crippen molar-refractivity contribution in [3.63, 3.8) is 0 Å². The first kappa shape index (κ1) is 16.6. The number of rotatable bonds is 13. The van der Waals surface area contributed by atoms with E-state index in [4.69, 9.17) is 14.2 Å². The summed E-state index contributed by atoms with van der Waals surface area (Å²) in [6, 6.07) is 0. The van der Waals surface area contributed by atoms with Gasteiger partial charge in [0.2, 0.25) is 0 Å². The first-order valence-corrected chi connectivity index (χ1v) is 6.47. The van der Waals surface area contributed by atoms with Crippen molar-refractivity contribution in [3.8, 4) is 0 Å². The smallest absolute Gasteiger partial charge is 0.158 e. The highest BCUT2D eigenvalue weighted by Gasteiger charge is 2.06. The van der Waals surface area contributed by atoms with Crippen molar-refractivity contribution in [2.75, 3.05) is 39.5 Å². The average molecular weight is 245 g/mol. The molecule has 0 heterocycles. The molecular formula is C13H27NO3. The predicted octanol–water partition coefficient (Wildman–Crippen LogP) is 1.96. The Kier molecular flexibility index (Phi) is 13.3. The predicted molar refractivity (Wildman–Crippen MR) is 70.2 cm³/mol. The van der Waals surface area contributed by atoms with Crippen LogP contribution in [-0.4, -0.2) is 45.8 Å². The van der Waals surface area contributed by atoms with Crippen molar-refractivity contribution in [2.24, 2.45) is 0 Å². The molecule has 0 bridgehead atoms. The van der Waals surface area contributed by atoms with Gasteiger partial charge in [0.05, 0.1) is 13.2 Å². The van der Waals surface area contributed by atoms with Gasteiger partial charge in [0.25, 0.3) is 0 Å². The minimum Gasteiger partial charge on any atom is -0.380 e. The van der Waals surface area contributed by atoms with E-state index in [1.54, 1.807) is 0 Å². The monoisotopic (exact) mass is 245 g/mol. The lowest BCUT2D eigenvalue weighted by Gasteiger charge is -2.16. The fourth-order valence-corrected chi connectivity index (χ4v) is 1.34. The van der Waals surface area contributed by atoms with Crippen LogP contribution in [0.15, 0.2) is 12.7 Å². The number of hydrogen-bond donors (Lipinski definition) is 1. The van der Waals surface area contributed by atoms with Crippen LogP contribution in [0.3, 0.4) is 0 Å². The molecule has 0 amide bonds. The summed E-state index contributed by atoms with van der Waals surface area (Å²) in [6.45, 7) is 12.2. The van der Waals surface area contributed by atoms with Crippen molar-refractivity contribution in [2.45, 2.75) is 33.0 Å². The third-order valence-corrected chi connectivity index (χ3v) is 2.15. The van der Waals surface area contributed by atoms with Crippen LogP contribution in [0.25, 0.3) is 0 Å². The van der Waals surface area contributed by atoms with Gasteiger partial charge in [0.1, 0.15) is 0 Å². The molecule has 0 atom stereocenters. The lowest BCUT2D eigenvalue weighted by molar-refractivity contribution is -0.138. The van der Waals surface area contributed by atoms with E-state index in [0.29, 0.717) is 13.2 Å². The van der Waals surface area contributed by atoms with E-state index in [2.05, 4.69) is 11.9 Å². The van der Waals surface area contributed by atoms with Gasteiger partial charge in [-0.15, -0.1) is 6.58 Å². The molecule has 4 nitrogen and oxygen atoms in total. The third kappa shape index (κ3) is 11.8. The molecule has 4 heteroatoms. The Morgan fingerprint density at radius 2 is 1.82 bits per heavy atom. The zero-order valence-corrected chi connectivity index (χ0v) is 11.2. The second-order valence-corrected chi connectivity index (χ2v) is 3.57. The summed E-state index contributed by atoms with van der Waals surface area (Å²) >= 11 is 0. The fourth-order valence-electron chi connectivity index (χ4n) is 1.34. The number of hydrogen-bond acceptors (Lipinski definition) is 4. The van der Waals surface area contributed by atoms with Gasteiger partial charge >= 0.3 is 0 Å². The molecule has 0 unspecified atom stereocenters. The van der Waals surface area contributed by atoms with Gasteiger partial charge in [-0.1, -0.05) is 6.08 Å². The van der Waals surface area contributed by atoms with Crippen molar-refractivity contribution in [1.29, 1.82) is 0 Å². The van der Waals surface area contributed by atoms with Crippen LogP contribution in [0.4, 0.5) is 0 Å². The molecule has 1 N–H and O–H groups in total. The van der Waals surface area contributed by atoms with Crippen molar-refractivity contribution >= 4 is 0 Å². The highest BCUT2D eigenvalue weighted by Crippen LogP contribution is 1.99. The Labute approximate surface area is 105 Å². The molecule has 0 saturated carbocycles. The Morgan fingerprint density at radius 3 is 2.41 bits per heavy atom. The molecular weight excluding hydrogens is 218 g/mol.